The van der Waals surface area contributed by atoms with E-state index in [-0.39, 0.29) is 5.54 Å². The fraction of sp³-hybridized carbons (Fsp3) is 0.538. The van der Waals surface area contributed by atoms with Crippen molar-refractivity contribution in [2.75, 3.05) is 0 Å². The highest BCUT2D eigenvalue weighted by molar-refractivity contribution is 6.32. The van der Waals surface area contributed by atoms with Crippen LogP contribution in [0.1, 0.15) is 31.2 Å². The Morgan fingerprint density at radius 1 is 1.38 bits per heavy atom. The highest BCUT2D eigenvalue weighted by Gasteiger charge is 2.38. The lowest BCUT2D eigenvalue weighted by Crippen LogP contribution is -2.24. The summed E-state index contributed by atoms with van der Waals surface area (Å²) >= 11 is 6.18. The SMILES string of the molecule is NC1(Cc2ccc(OC3CC3)c(Cl)c2)CC1. The van der Waals surface area contributed by atoms with E-state index in [4.69, 9.17) is 22.1 Å². The molecule has 2 saturated carbocycles. The van der Waals surface area contributed by atoms with E-state index in [0.29, 0.717) is 11.1 Å². The quantitative estimate of drug-likeness (QED) is 0.874. The van der Waals surface area contributed by atoms with Gasteiger partial charge in [-0.3, -0.25) is 0 Å². The maximum Gasteiger partial charge on any atom is 0.138 e. The van der Waals surface area contributed by atoms with Crippen molar-refractivity contribution in [1.82, 2.24) is 0 Å². The monoisotopic (exact) mass is 237 g/mol. The Labute approximate surface area is 101 Å². The molecule has 3 rings (SSSR count). The van der Waals surface area contributed by atoms with Gasteiger partial charge in [-0.2, -0.15) is 0 Å². The van der Waals surface area contributed by atoms with Crippen LogP contribution in [0, 0.1) is 0 Å². The van der Waals surface area contributed by atoms with Gasteiger partial charge in [-0.1, -0.05) is 17.7 Å². The number of rotatable bonds is 4. The average molecular weight is 238 g/mol. The van der Waals surface area contributed by atoms with Gasteiger partial charge in [-0.15, -0.1) is 0 Å². The minimum Gasteiger partial charge on any atom is -0.489 e. The van der Waals surface area contributed by atoms with Crippen molar-refractivity contribution >= 4 is 11.6 Å². The molecular formula is C13H16ClNO. The summed E-state index contributed by atoms with van der Waals surface area (Å²) in [6.07, 6.45) is 5.90. The number of nitrogens with two attached hydrogens (primary N) is 1. The molecule has 0 heterocycles. The molecule has 0 bridgehead atoms. The predicted molar refractivity (Wildman–Crippen MR) is 65.0 cm³/mol. The summed E-state index contributed by atoms with van der Waals surface area (Å²) in [6.45, 7) is 0. The molecule has 2 N–H and O–H groups in total. The van der Waals surface area contributed by atoms with Crippen molar-refractivity contribution in [2.45, 2.75) is 43.7 Å². The number of ether oxygens (including phenoxy) is 1. The molecule has 2 aliphatic carbocycles. The van der Waals surface area contributed by atoms with E-state index >= 15 is 0 Å². The lowest BCUT2D eigenvalue weighted by Gasteiger charge is -2.11. The first-order chi connectivity index (χ1) is 7.65. The van der Waals surface area contributed by atoms with E-state index < -0.39 is 0 Å². The fourth-order valence-electron chi connectivity index (χ4n) is 1.86. The standard InChI is InChI=1S/C13H16ClNO/c14-11-7-9(8-13(15)5-6-13)1-4-12(11)16-10-2-3-10/h1,4,7,10H,2-3,5-6,8,15H2. The second-order valence-electron chi connectivity index (χ2n) is 5.12. The van der Waals surface area contributed by atoms with Gasteiger partial charge >= 0.3 is 0 Å². The molecule has 0 amide bonds. The molecule has 3 heteroatoms. The first-order valence-corrected chi connectivity index (χ1v) is 6.26. The van der Waals surface area contributed by atoms with Gasteiger partial charge in [0, 0.05) is 5.54 Å². The molecule has 2 fully saturated rings. The molecule has 16 heavy (non-hydrogen) atoms. The molecule has 0 spiro atoms. The first kappa shape index (κ1) is 10.4. The zero-order valence-electron chi connectivity index (χ0n) is 9.21. The zero-order chi connectivity index (χ0) is 11.2. The van der Waals surface area contributed by atoms with Gasteiger partial charge in [0.05, 0.1) is 11.1 Å². The van der Waals surface area contributed by atoms with Gasteiger partial charge < -0.3 is 10.5 Å². The molecule has 0 radical (unpaired) electrons. The first-order valence-electron chi connectivity index (χ1n) is 5.89. The third-order valence-electron chi connectivity index (χ3n) is 3.26. The van der Waals surface area contributed by atoms with Crippen LogP contribution < -0.4 is 10.5 Å². The highest BCUT2D eigenvalue weighted by Crippen LogP contribution is 2.38. The summed E-state index contributed by atoms with van der Waals surface area (Å²) < 4.78 is 5.69. The largest absolute Gasteiger partial charge is 0.489 e. The van der Waals surface area contributed by atoms with Crippen LogP contribution in [0.25, 0.3) is 0 Å². The number of hydrogen-bond donors (Lipinski definition) is 1. The van der Waals surface area contributed by atoms with Crippen LogP contribution in [0.15, 0.2) is 18.2 Å². The Balaban J connectivity index is 1.73. The normalized spacial score (nSPS) is 21.9. The van der Waals surface area contributed by atoms with E-state index in [1.54, 1.807) is 0 Å². The molecule has 1 aromatic carbocycles. The molecule has 1 aromatic rings. The third-order valence-corrected chi connectivity index (χ3v) is 3.56. The predicted octanol–water partition coefficient (Wildman–Crippen LogP) is 2.92. The van der Waals surface area contributed by atoms with Crippen LogP contribution in [0.5, 0.6) is 5.75 Å². The lowest BCUT2D eigenvalue weighted by molar-refractivity contribution is 0.303. The topological polar surface area (TPSA) is 35.2 Å². The summed E-state index contributed by atoms with van der Waals surface area (Å²) in [7, 11) is 0. The van der Waals surface area contributed by atoms with Gasteiger partial charge in [0.15, 0.2) is 0 Å². The van der Waals surface area contributed by atoms with Crippen molar-refractivity contribution in [1.29, 1.82) is 0 Å². The Hall–Kier alpha value is -0.730. The van der Waals surface area contributed by atoms with E-state index in [1.165, 1.54) is 5.56 Å². The molecule has 0 aliphatic heterocycles. The number of benzene rings is 1. The van der Waals surface area contributed by atoms with Crippen LogP contribution in [0.2, 0.25) is 5.02 Å². The van der Waals surface area contributed by atoms with E-state index in [2.05, 4.69) is 6.07 Å². The van der Waals surface area contributed by atoms with Crippen LogP contribution in [-0.4, -0.2) is 11.6 Å². The van der Waals surface area contributed by atoms with Gasteiger partial charge in [0.1, 0.15) is 5.75 Å². The number of halogens is 1. The van der Waals surface area contributed by atoms with Gasteiger partial charge in [0.25, 0.3) is 0 Å². The molecule has 2 aliphatic rings. The lowest BCUT2D eigenvalue weighted by atomic mass is 10.1. The third kappa shape index (κ3) is 2.33. The summed E-state index contributed by atoms with van der Waals surface area (Å²) in [6, 6.07) is 6.05. The Bertz CT molecular complexity index is 410. The molecule has 0 unspecified atom stereocenters. The molecular weight excluding hydrogens is 222 g/mol. The van der Waals surface area contributed by atoms with Crippen molar-refractivity contribution in [3.63, 3.8) is 0 Å². The van der Waals surface area contributed by atoms with Crippen molar-refractivity contribution in [3.8, 4) is 5.75 Å². The van der Waals surface area contributed by atoms with E-state index in [9.17, 15) is 0 Å². The van der Waals surface area contributed by atoms with Crippen LogP contribution in [-0.2, 0) is 6.42 Å². The van der Waals surface area contributed by atoms with Crippen molar-refractivity contribution in [2.24, 2.45) is 5.73 Å². The molecule has 0 aromatic heterocycles. The Kier molecular flexibility index (Phi) is 2.37. The second-order valence-corrected chi connectivity index (χ2v) is 5.53. The van der Waals surface area contributed by atoms with Crippen LogP contribution in [0.4, 0.5) is 0 Å². The van der Waals surface area contributed by atoms with Crippen molar-refractivity contribution in [3.05, 3.63) is 28.8 Å². The molecule has 0 saturated heterocycles. The molecule has 2 nitrogen and oxygen atoms in total. The fourth-order valence-corrected chi connectivity index (χ4v) is 2.11. The summed E-state index contributed by atoms with van der Waals surface area (Å²) in [4.78, 5) is 0. The smallest absolute Gasteiger partial charge is 0.138 e. The molecule has 86 valence electrons. The maximum atomic E-state index is 6.18. The second kappa shape index (κ2) is 3.64. The van der Waals surface area contributed by atoms with Gasteiger partial charge in [-0.25, -0.2) is 0 Å². The summed E-state index contributed by atoms with van der Waals surface area (Å²) in [5.74, 6) is 0.815. The van der Waals surface area contributed by atoms with Crippen LogP contribution >= 0.6 is 11.6 Å². The summed E-state index contributed by atoms with van der Waals surface area (Å²) in [5.41, 5.74) is 7.34. The summed E-state index contributed by atoms with van der Waals surface area (Å²) in [5, 5.41) is 0.716. The van der Waals surface area contributed by atoms with Gasteiger partial charge in [-0.05, 0) is 49.8 Å². The van der Waals surface area contributed by atoms with E-state index in [0.717, 1.165) is 37.9 Å². The minimum atomic E-state index is 0.0438. The molecule has 0 atom stereocenters. The maximum absolute atomic E-state index is 6.18. The van der Waals surface area contributed by atoms with E-state index in [1.807, 2.05) is 12.1 Å². The Morgan fingerprint density at radius 3 is 2.69 bits per heavy atom. The Morgan fingerprint density at radius 2 is 2.12 bits per heavy atom. The van der Waals surface area contributed by atoms with Crippen LogP contribution in [0.3, 0.4) is 0 Å². The van der Waals surface area contributed by atoms with Crippen molar-refractivity contribution < 1.29 is 4.74 Å². The van der Waals surface area contributed by atoms with Gasteiger partial charge in [0.2, 0.25) is 0 Å². The highest BCUT2D eigenvalue weighted by atomic mass is 35.5. The average Bonchev–Trinajstić information content (AvgIpc) is 3.11. The number of hydrogen-bond acceptors (Lipinski definition) is 2. The zero-order valence-corrected chi connectivity index (χ0v) is 9.96. The minimum absolute atomic E-state index is 0.0438.